The van der Waals surface area contributed by atoms with E-state index >= 15 is 0 Å². The molecule has 6 aromatic rings. The van der Waals surface area contributed by atoms with Crippen LogP contribution in [0.25, 0.3) is 45.2 Å². The first kappa shape index (κ1) is 47.7. The van der Waals surface area contributed by atoms with Crippen molar-refractivity contribution in [3.05, 3.63) is 238 Å². The summed E-state index contributed by atoms with van der Waals surface area (Å²) in [6, 6.07) is 52.6. The average molecular weight is 853 g/mol. The van der Waals surface area contributed by atoms with Gasteiger partial charge in [-0.3, -0.25) is 0 Å². The molecule has 2 nitrogen and oxygen atoms in total. The summed E-state index contributed by atoms with van der Waals surface area (Å²) in [6.07, 6.45) is 18.5. The standard InChI is InChI=1S/C54H52N2.C9H16/c1-7-53(43-22-12-9-13-23-43)56-54(55-41(6)42-20-10-8-11-21-42)48-26-16-18-37(2)32-40(5)50-31-30-46(34-49(50)35-48)44-24-17-25-45(33-44)47-29-28-39(4)52(36-47)51-27-15-14-19-38(51)3;1-5-6-9(4)7-8(2)3/h7-31,33-36,40-41H,32H2,1-6H3,(H,55,56);5-8H,1-4H3/b26-16-,37-18+,48-35-,53-7?;6-5-,9-7-. The highest BCUT2D eigenvalue weighted by atomic mass is 15.0. The van der Waals surface area contributed by atoms with Gasteiger partial charge in [-0.1, -0.05) is 202 Å². The van der Waals surface area contributed by atoms with Crippen LogP contribution in [0.15, 0.2) is 210 Å². The van der Waals surface area contributed by atoms with Crippen LogP contribution in [0.2, 0.25) is 0 Å². The molecule has 0 aliphatic heterocycles. The van der Waals surface area contributed by atoms with E-state index in [0.717, 1.165) is 29.1 Å². The van der Waals surface area contributed by atoms with Gasteiger partial charge >= 0.3 is 0 Å². The van der Waals surface area contributed by atoms with Crippen molar-refractivity contribution in [2.45, 2.75) is 87.6 Å². The molecular formula is C63H68N2. The van der Waals surface area contributed by atoms with Gasteiger partial charge in [0.2, 0.25) is 0 Å². The Bertz CT molecular complexity index is 2750. The van der Waals surface area contributed by atoms with Crippen LogP contribution in [0.3, 0.4) is 0 Å². The van der Waals surface area contributed by atoms with Gasteiger partial charge in [-0.25, -0.2) is 4.99 Å². The Labute approximate surface area is 391 Å². The van der Waals surface area contributed by atoms with Crippen molar-refractivity contribution in [1.29, 1.82) is 0 Å². The Hall–Kier alpha value is -6.77. The summed E-state index contributed by atoms with van der Waals surface area (Å²) in [7, 11) is 0. The molecule has 1 aliphatic rings. The quantitative estimate of drug-likeness (QED) is 0.0829. The van der Waals surface area contributed by atoms with Gasteiger partial charge in [-0.2, -0.15) is 0 Å². The third-order valence-electron chi connectivity index (χ3n) is 11.9. The molecule has 2 heteroatoms. The molecule has 2 unspecified atom stereocenters. The Morgan fingerprint density at radius 3 is 1.98 bits per heavy atom. The molecule has 6 aromatic carbocycles. The van der Waals surface area contributed by atoms with Crippen LogP contribution in [-0.4, -0.2) is 5.84 Å². The maximum atomic E-state index is 5.38. The lowest BCUT2D eigenvalue weighted by atomic mass is 9.86. The van der Waals surface area contributed by atoms with E-state index in [1.165, 1.54) is 72.3 Å². The lowest BCUT2D eigenvalue weighted by Gasteiger charge is -2.21. The fourth-order valence-corrected chi connectivity index (χ4v) is 8.59. The number of fused-ring (bicyclic) bond motifs is 1. The van der Waals surface area contributed by atoms with Crippen molar-refractivity contribution in [2.75, 3.05) is 0 Å². The first-order chi connectivity index (χ1) is 31.4. The summed E-state index contributed by atoms with van der Waals surface area (Å²) in [5.41, 5.74) is 19.4. The number of nitrogens with zero attached hydrogens (tertiary/aromatic N) is 1. The first-order valence-electron chi connectivity index (χ1n) is 23.3. The molecule has 0 saturated heterocycles. The number of rotatable bonds is 10. The van der Waals surface area contributed by atoms with E-state index in [1.54, 1.807) is 0 Å². The minimum atomic E-state index is 0.0337. The Kier molecular flexibility index (Phi) is 17.1. The molecular weight excluding hydrogens is 785 g/mol. The van der Waals surface area contributed by atoms with Crippen molar-refractivity contribution >= 4 is 17.6 Å². The number of aryl methyl sites for hydroxylation is 2. The fraction of sp³-hybridized carbons (Fsp3) is 0.222. The number of nitrogens with one attached hydrogen (secondary N) is 1. The van der Waals surface area contributed by atoms with Gasteiger partial charge in [-0.05, 0) is 158 Å². The molecule has 330 valence electrons. The molecule has 1 aliphatic carbocycles. The molecule has 0 spiro atoms. The molecule has 0 radical (unpaired) electrons. The van der Waals surface area contributed by atoms with E-state index in [9.17, 15) is 0 Å². The lowest BCUT2D eigenvalue weighted by molar-refractivity contribution is 0.717. The van der Waals surface area contributed by atoms with E-state index in [4.69, 9.17) is 4.99 Å². The summed E-state index contributed by atoms with van der Waals surface area (Å²) < 4.78 is 0. The molecule has 0 fully saturated rings. The van der Waals surface area contributed by atoms with Crippen molar-refractivity contribution in [3.63, 3.8) is 0 Å². The van der Waals surface area contributed by atoms with E-state index in [-0.39, 0.29) is 6.04 Å². The van der Waals surface area contributed by atoms with Crippen LogP contribution in [0.5, 0.6) is 0 Å². The third-order valence-corrected chi connectivity index (χ3v) is 11.9. The minimum Gasteiger partial charge on any atom is -0.363 e. The molecule has 2 atom stereocenters. The summed E-state index contributed by atoms with van der Waals surface area (Å²) in [5.74, 6) is 1.84. The second-order valence-electron chi connectivity index (χ2n) is 17.8. The Balaban J connectivity index is 0.000000703. The Morgan fingerprint density at radius 1 is 0.677 bits per heavy atom. The number of hydrogen-bond acceptors (Lipinski definition) is 1. The normalized spacial score (nSPS) is 17.2. The number of amidine groups is 1. The molecule has 7 rings (SSSR count). The van der Waals surface area contributed by atoms with Crippen molar-refractivity contribution in [2.24, 2.45) is 10.9 Å². The van der Waals surface area contributed by atoms with Crippen LogP contribution >= 0.6 is 0 Å². The molecule has 0 bridgehead atoms. The fourth-order valence-electron chi connectivity index (χ4n) is 8.59. The van der Waals surface area contributed by atoms with Crippen molar-refractivity contribution in [3.8, 4) is 33.4 Å². The first-order valence-corrected chi connectivity index (χ1v) is 23.3. The van der Waals surface area contributed by atoms with Crippen LogP contribution in [-0.2, 0) is 0 Å². The number of hydrogen-bond donors (Lipinski definition) is 1. The number of allylic oxidation sites excluding steroid dienone is 8. The molecule has 0 amide bonds. The van der Waals surface area contributed by atoms with E-state index in [0.29, 0.717) is 11.8 Å². The third kappa shape index (κ3) is 13.1. The topological polar surface area (TPSA) is 24.4 Å². The zero-order valence-corrected chi connectivity index (χ0v) is 40.4. The summed E-state index contributed by atoms with van der Waals surface area (Å²) in [5, 5.41) is 3.84. The predicted molar refractivity (Wildman–Crippen MR) is 285 cm³/mol. The zero-order chi connectivity index (χ0) is 46.3. The van der Waals surface area contributed by atoms with Gasteiger partial charge in [0.15, 0.2) is 0 Å². The van der Waals surface area contributed by atoms with Crippen LogP contribution in [0.1, 0.15) is 107 Å². The maximum absolute atomic E-state index is 5.38. The summed E-state index contributed by atoms with van der Waals surface area (Å²) in [6.45, 7) is 21.8. The highest BCUT2D eigenvalue weighted by Crippen LogP contribution is 2.36. The molecule has 0 aromatic heterocycles. The second kappa shape index (κ2) is 23.2. The van der Waals surface area contributed by atoms with E-state index in [1.807, 2.05) is 13.0 Å². The van der Waals surface area contributed by atoms with Crippen molar-refractivity contribution in [1.82, 2.24) is 5.32 Å². The van der Waals surface area contributed by atoms with Gasteiger partial charge in [0.25, 0.3) is 0 Å². The number of aliphatic imine (C=N–C) groups is 1. The van der Waals surface area contributed by atoms with E-state index in [2.05, 4.69) is 256 Å². The average Bonchev–Trinajstić information content (AvgIpc) is 3.31. The highest BCUT2D eigenvalue weighted by molar-refractivity contribution is 6.07. The molecule has 1 N–H and O–H groups in total. The zero-order valence-electron chi connectivity index (χ0n) is 40.4. The van der Waals surface area contributed by atoms with Gasteiger partial charge in [0, 0.05) is 11.6 Å². The van der Waals surface area contributed by atoms with Gasteiger partial charge < -0.3 is 5.32 Å². The molecule has 0 saturated carbocycles. The van der Waals surface area contributed by atoms with Crippen LogP contribution in [0, 0.1) is 19.8 Å². The van der Waals surface area contributed by atoms with Crippen LogP contribution in [0.4, 0.5) is 0 Å². The highest BCUT2D eigenvalue weighted by Gasteiger charge is 2.18. The molecule has 0 heterocycles. The van der Waals surface area contributed by atoms with Gasteiger partial charge in [-0.15, -0.1) is 0 Å². The van der Waals surface area contributed by atoms with E-state index < -0.39 is 0 Å². The maximum Gasteiger partial charge on any atom is 0.134 e. The van der Waals surface area contributed by atoms with Crippen LogP contribution < -0.4 is 5.32 Å². The SMILES string of the molecule is C/C=C\C(C)=C/C(C)C.CC=C(N=C(NC(C)c1ccccc1)C1=C\c2cc(-c3cccc(-c4ccc(C)c(-c5ccccc5C)c4)c3)ccc2C(C)C/C(C)=C/C=C\1)c1ccccc1. The lowest BCUT2D eigenvalue weighted by Crippen LogP contribution is -2.28. The largest absolute Gasteiger partial charge is 0.363 e. The second-order valence-corrected chi connectivity index (χ2v) is 17.8. The Morgan fingerprint density at radius 2 is 1.31 bits per heavy atom. The smallest absolute Gasteiger partial charge is 0.134 e. The number of benzene rings is 6. The molecule has 65 heavy (non-hydrogen) atoms. The minimum absolute atomic E-state index is 0.0337. The summed E-state index contributed by atoms with van der Waals surface area (Å²) in [4.78, 5) is 5.38. The predicted octanol–water partition coefficient (Wildman–Crippen LogP) is 17.7. The van der Waals surface area contributed by atoms with Gasteiger partial charge in [0.1, 0.15) is 5.84 Å². The monoisotopic (exact) mass is 853 g/mol. The van der Waals surface area contributed by atoms with Crippen molar-refractivity contribution < 1.29 is 0 Å². The summed E-state index contributed by atoms with van der Waals surface area (Å²) >= 11 is 0. The van der Waals surface area contributed by atoms with Gasteiger partial charge in [0.05, 0.1) is 5.70 Å².